The molecule has 3 aliphatic rings. The van der Waals surface area contributed by atoms with Crippen molar-refractivity contribution in [2.24, 2.45) is 5.92 Å². The second-order valence-corrected chi connectivity index (χ2v) is 8.26. The molecule has 3 heteroatoms. The highest BCUT2D eigenvalue weighted by Crippen LogP contribution is 2.41. The minimum absolute atomic E-state index is 0.00193. The van der Waals surface area contributed by atoms with Crippen molar-refractivity contribution in [3.8, 4) is 0 Å². The summed E-state index contributed by atoms with van der Waals surface area (Å²) < 4.78 is 6.27. The number of nitrogens with one attached hydrogen (secondary N) is 1. The van der Waals surface area contributed by atoms with Gasteiger partial charge in [-0.2, -0.15) is 0 Å². The van der Waals surface area contributed by atoms with E-state index in [1.54, 1.807) is 0 Å². The molecule has 0 aromatic rings. The summed E-state index contributed by atoms with van der Waals surface area (Å²) >= 11 is 0. The van der Waals surface area contributed by atoms with E-state index in [2.05, 4.69) is 37.9 Å². The molecule has 0 aliphatic carbocycles. The Hall–Kier alpha value is -0.120. The maximum absolute atomic E-state index is 6.27. The van der Waals surface area contributed by atoms with Crippen LogP contribution in [0, 0.1) is 5.92 Å². The monoisotopic (exact) mass is 280 g/mol. The minimum atomic E-state index is 0.00193. The van der Waals surface area contributed by atoms with Gasteiger partial charge in [0.1, 0.15) is 0 Å². The quantitative estimate of drug-likeness (QED) is 0.842. The minimum Gasteiger partial charge on any atom is -0.368 e. The highest BCUT2D eigenvalue weighted by atomic mass is 16.5. The van der Waals surface area contributed by atoms with Gasteiger partial charge in [0.05, 0.1) is 11.2 Å². The van der Waals surface area contributed by atoms with Gasteiger partial charge in [-0.05, 0) is 85.4 Å². The number of hydrogen-bond donors (Lipinski definition) is 1. The fraction of sp³-hybridized carbons (Fsp3) is 1.00. The van der Waals surface area contributed by atoms with Gasteiger partial charge in [0, 0.05) is 12.1 Å². The van der Waals surface area contributed by atoms with Crippen LogP contribution < -0.4 is 5.32 Å². The zero-order valence-electron chi connectivity index (χ0n) is 13.7. The van der Waals surface area contributed by atoms with Gasteiger partial charge >= 0.3 is 0 Å². The Labute approximate surface area is 124 Å². The lowest BCUT2D eigenvalue weighted by Gasteiger charge is -2.41. The summed E-state index contributed by atoms with van der Waals surface area (Å²) in [7, 11) is 0. The zero-order chi connectivity index (χ0) is 14.4. The van der Waals surface area contributed by atoms with Crippen LogP contribution in [0.3, 0.4) is 0 Å². The Balaban J connectivity index is 1.58. The van der Waals surface area contributed by atoms with Gasteiger partial charge in [0.2, 0.25) is 0 Å². The van der Waals surface area contributed by atoms with E-state index >= 15 is 0 Å². The van der Waals surface area contributed by atoms with Crippen LogP contribution in [0.25, 0.3) is 0 Å². The summed E-state index contributed by atoms with van der Waals surface area (Å²) in [4.78, 5) is 2.71. The van der Waals surface area contributed by atoms with Crippen LogP contribution in [0.4, 0.5) is 0 Å². The lowest BCUT2D eigenvalue weighted by molar-refractivity contribution is -0.0829. The van der Waals surface area contributed by atoms with Crippen LogP contribution >= 0.6 is 0 Å². The van der Waals surface area contributed by atoms with Gasteiger partial charge in [0.25, 0.3) is 0 Å². The summed E-state index contributed by atoms with van der Waals surface area (Å²) in [6.07, 6.45) is 6.68. The van der Waals surface area contributed by atoms with Crippen molar-refractivity contribution in [2.75, 3.05) is 19.6 Å². The molecule has 3 aliphatic heterocycles. The summed E-state index contributed by atoms with van der Waals surface area (Å²) in [6, 6.07) is 1.40. The molecule has 0 spiro atoms. The van der Waals surface area contributed by atoms with Crippen molar-refractivity contribution in [2.45, 2.75) is 83.1 Å². The normalized spacial score (nSPS) is 38.4. The molecule has 20 heavy (non-hydrogen) atoms. The van der Waals surface area contributed by atoms with E-state index in [0.717, 1.165) is 12.0 Å². The molecule has 0 bridgehead atoms. The van der Waals surface area contributed by atoms with E-state index in [1.807, 2.05) is 0 Å². The molecular formula is C17H32N2O. The number of hydrogen-bond acceptors (Lipinski definition) is 3. The molecule has 3 saturated heterocycles. The van der Waals surface area contributed by atoms with E-state index in [1.165, 1.54) is 51.7 Å². The van der Waals surface area contributed by atoms with Gasteiger partial charge in [0.15, 0.2) is 0 Å². The zero-order valence-corrected chi connectivity index (χ0v) is 13.7. The van der Waals surface area contributed by atoms with Crippen LogP contribution in [0.1, 0.15) is 59.8 Å². The molecular weight excluding hydrogens is 248 g/mol. The summed E-state index contributed by atoms with van der Waals surface area (Å²) in [5.74, 6) is 0.909. The number of ether oxygens (including phenoxy) is 1. The number of rotatable bonds is 2. The second-order valence-electron chi connectivity index (χ2n) is 8.26. The molecule has 3 heterocycles. The van der Waals surface area contributed by atoms with E-state index < -0.39 is 0 Å². The third kappa shape index (κ3) is 2.90. The van der Waals surface area contributed by atoms with Crippen molar-refractivity contribution in [3.63, 3.8) is 0 Å². The first-order valence-electron chi connectivity index (χ1n) is 8.55. The molecule has 2 atom stereocenters. The van der Waals surface area contributed by atoms with Crippen molar-refractivity contribution < 1.29 is 4.74 Å². The van der Waals surface area contributed by atoms with Crippen LogP contribution in [0.15, 0.2) is 0 Å². The van der Waals surface area contributed by atoms with Gasteiger partial charge < -0.3 is 10.1 Å². The Morgan fingerprint density at radius 1 is 1.05 bits per heavy atom. The lowest BCUT2D eigenvalue weighted by atomic mass is 9.85. The van der Waals surface area contributed by atoms with Crippen molar-refractivity contribution >= 4 is 0 Å². The fourth-order valence-corrected chi connectivity index (χ4v) is 4.85. The molecule has 3 fully saturated rings. The lowest BCUT2D eigenvalue weighted by Crippen LogP contribution is -2.51. The number of nitrogens with zero attached hydrogens (tertiary/aromatic N) is 1. The third-order valence-electron chi connectivity index (χ3n) is 5.71. The highest BCUT2D eigenvalue weighted by molar-refractivity contribution is 5.01. The molecule has 0 radical (unpaired) electrons. The highest BCUT2D eigenvalue weighted by Gasteiger charge is 2.48. The first-order valence-corrected chi connectivity index (χ1v) is 8.55. The Morgan fingerprint density at radius 2 is 1.75 bits per heavy atom. The predicted octanol–water partition coefficient (Wildman–Crippen LogP) is 2.80. The number of likely N-dealkylation sites (tertiary alicyclic amines) is 1. The maximum Gasteiger partial charge on any atom is 0.0789 e. The standard InChI is InChI=1S/C17H32N2O/c1-16(2)12-15(17(3,4)20-16)19-10-7-13(8-11-19)14-6-5-9-18-14/h13-15,18H,5-12H2,1-4H3. The van der Waals surface area contributed by atoms with Crippen LogP contribution in [0.5, 0.6) is 0 Å². The van der Waals surface area contributed by atoms with Crippen molar-refractivity contribution in [3.05, 3.63) is 0 Å². The topological polar surface area (TPSA) is 24.5 Å². The van der Waals surface area contributed by atoms with E-state index in [9.17, 15) is 0 Å². The summed E-state index contributed by atoms with van der Waals surface area (Å²) in [6.45, 7) is 12.8. The molecule has 0 amide bonds. The van der Waals surface area contributed by atoms with E-state index in [0.29, 0.717) is 6.04 Å². The van der Waals surface area contributed by atoms with E-state index in [4.69, 9.17) is 4.74 Å². The van der Waals surface area contributed by atoms with Crippen molar-refractivity contribution in [1.82, 2.24) is 10.2 Å². The SMILES string of the molecule is CC1(C)CC(N2CCC(C3CCCN3)CC2)C(C)(C)O1. The third-order valence-corrected chi connectivity index (χ3v) is 5.71. The summed E-state index contributed by atoms with van der Waals surface area (Å²) in [5.41, 5.74) is 0.0416. The van der Waals surface area contributed by atoms with Gasteiger partial charge in [-0.25, -0.2) is 0 Å². The van der Waals surface area contributed by atoms with Crippen LogP contribution in [-0.2, 0) is 4.74 Å². The molecule has 2 unspecified atom stereocenters. The largest absolute Gasteiger partial charge is 0.368 e. The fourth-order valence-electron chi connectivity index (χ4n) is 4.85. The average molecular weight is 280 g/mol. The molecule has 0 saturated carbocycles. The van der Waals surface area contributed by atoms with Crippen LogP contribution in [0.2, 0.25) is 0 Å². The number of piperidine rings is 1. The molecule has 116 valence electrons. The summed E-state index contributed by atoms with van der Waals surface area (Å²) in [5, 5.41) is 3.70. The second kappa shape index (κ2) is 5.26. The molecule has 0 aromatic heterocycles. The van der Waals surface area contributed by atoms with Gasteiger partial charge in [-0.1, -0.05) is 0 Å². The molecule has 0 aromatic carbocycles. The van der Waals surface area contributed by atoms with Gasteiger partial charge in [-0.15, -0.1) is 0 Å². The maximum atomic E-state index is 6.27. The smallest absolute Gasteiger partial charge is 0.0789 e. The van der Waals surface area contributed by atoms with Gasteiger partial charge in [-0.3, -0.25) is 4.90 Å². The molecule has 1 N–H and O–H groups in total. The Kier molecular flexibility index (Phi) is 3.89. The Morgan fingerprint density at radius 3 is 2.25 bits per heavy atom. The first kappa shape index (κ1) is 14.8. The molecule has 3 rings (SSSR count). The van der Waals surface area contributed by atoms with E-state index in [-0.39, 0.29) is 11.2 Å². The first-order chi connectivity index (χ1) is 9.37. The molecule has 3 nitrogen and oxygen atoms in total. The van der Waals surface area contributed by atoms with Crippen molar-refractivity contribution in [1.29, 1.82) is 0 Å². The Bertz CT molecular complexity index is 339. The van der Waals surface area contributed by atoms with Crippen LogP contribution in [-0.4, -0.2) is 47.8 Å². The average Bonchev–Trinajstić information content (AvgIpc) is 2.95. The predicted molar refractivity (Wildman–Crippen MR) is 83.0 cm³/mol.